The Balaban J connectivity index is 1.56. The highest BCUT2D eigenvalue weighted by Gasteiger charge is 2.29. The van der Waals surface area contributed by atoms with Crippen LogP contribution in [-0.4, -0.2) is 29.1 Å². The normalized spacial score (nSPS) is 16.8. The third kappa shape index (κ3) is 5.23. The van der Waals surface area contributed by atoms with E-state index in [1.54, 1.807) is 30.6 Å². The van der Waals surface area contributed by atoms with Crippen molar-refractivity contribution in [3.63, 3.8) is 0 Å². The summed E-state index contributed by atoms with van der Waals surface area (Å²) >= 11 is 12.1. The second-order valence-electron chi connectivity index (χ2n) is 7.76. The second kappa shape index (κ2) is 10.3. The summed E-state index contributed by atoms with van der Waals surface area (Å²) in [6.45, 7) is 1.86. The van der Waals surface area contributed by atoms with E-state index in [4.69, 9.17) is 33.7 Å². The summed E-state index contributed by atoms with van der Waals surface area (Å²) in [6.07, 6.45) is 5.52. The van der Waals surface area contributed by atoms with Gasteiger partial charge in [-0.2, -0.15) is 0 Å². The zero-order valence-corrected chi connectivity index (χ0v) is 19.0. The van der Waals surface area contributed by atoms with Crippen LogP contribution in [-0.2, 0) is 11.3 Å². The Kier molecular flexibility index (Phi) is 7.30. The molecular weight excluding hydrogens is 448 g/mol. The summed E-state index contributed by atoms with van der Waals surface area (Å²) in [5, 5.41) is 1.05. The SMILES string of the molecule is N/C(=C(/c1ccncc1)N1CCC[C@H]1COCc1ccc(Cl)c(Cl)c1)c1ccc(F)cc1. The van der Waals surface area contributed by atoms with E-state index < -0.39 is 0 Å². The van der Waals surface area contributed by atoms with Crippen molar-refractivity contribution in [1.82, 2.24) is 9.88 Å². The Morgan fingerprint density at radius 2 is 1.78 bits per heavy atom. The van der Waals surface area contributed by atoms with Crippen LogP contribution in [0.5, 0.6) is 0 Å². The largest absolute Gasteiger partial charge is 0.397 e. The number of benzene rings is 2. The van der Waals surface area contributed by atoms with Gasteiger partial charge in [-0.05, 0) is 72.5 Å². The van der Waals surface area contributed by atoms with Crippen LogP contribution in [0.25, 0.3) is 11.4 Å². The number of likely N-dealkylation sites (tertiary alicyclic amines) is 1. The average Bonchev–Trinajstić information content (AvgIpc) is 3.25. The number of nitrogens with two attached hydrogens (primary N) is 1. The maximum absolute atomic E-state index is 13.5. The van der Waals surface area contributed by atoms with E-state index in [1.165, 1.54) is 12.1 Å². The number of halogens is 3. The zero-order chi connectivity index (χ0) is 22.5. The van der Waals surface area contributed by atoms with E-state index in [0.29, 0.717) is 29.0 Å². The third-order valence-corrected chi connectivity index (χ3v) is 6.33. The first-order chi connectivity index (χ1) is 15.5. The predicted octanol–water partition coefficient (Wildman–Crippen LogP) is 5.99. The Morgan fingerprint density at radius 3 is 2.50 bits per heavy atom. The molecule has 2 aromatic carbocycles. The smallest absolute Gasteiger partial charge is 0.123 e. The molecule has 0 aliphatic carbocycles. The molecule has 1 aliphatic rings. The maximum atomic E-state index is 13.5. The molecule has 4 rings (SSSR count). The molecule has 2 N–H and O–H groups in total. The quantitative estimate of drug-likeness (QED) is 0.459. The molecule has 0 spiro atoms. The van der Waals surface area contributed by atoms with Crippen LogP contribution in [0, 0.1) is 5.82 Å². The van der Waals surface area contributed by atoms with E-state index >= 15 is 0 Å². The van der Waals surface area contributed by atoms with Crippen LogP contribution >= 0.6 is 23.2 Å². The summed E-state index contributed by atoms with van der Waals surface area (Å²) in [5.41, 5.74) is 10.9. The van der Waals surface area contributed by atoms with Crippen molar-refractivity contribution in [1.29, 1.82) is 0 Å². The fourth-order valence-electron chi connectivity index (χ4n) is 4.00. The topological polar surface area (TPSA) is 51.4 Å². The standard InChI is InChI=1S/C25H24Cl2FN3O/c26-22-8-3-17(14-23(22)27)15-32-16-21-2-1-13-31(21)25(19-9-11-30-12-10-19)24(29)18-4-6-20(28)7-5-18/h3-12,14,21H,1-2,13,15-16,29H2/b25-24-/t21-/m0/s1. The first kappa shape index (κ1) is 22.6. The Labute approximate surface area is 197 Å². The van der Waals surface area contributed by atoms with Gasteiger partial charge in [-0.1, -0.05) is 29.3 Å². The summed E-state index contributed by atoms with van der Waals surface area (Å²) in [7, 11) is 0. The Bertz CT molecular complexity index is 1090. The van der Waals surface area contributed by atoms with Crippen molar-refractivity contribution in [3.8, 4) is 0 Å². The van der Waals surface area contributed by atoms with Crippen molar-refractivity contribution in [3.05, 3.63) is 99.5 Å². The molecule has 7 heteroatoms. The van der Waals surface area contributed by atoms with Gasteiger partial charge in [0.1, 0.15) is 5.82 Å². The molecule has 1 atom stereocenters. The van der Waals surface area contributed by atoms with Gasteiger partial charge in [-0.3, -0.25) is 4.98 Å². The van der Waals surface area contributed by atoms with E-state index in [1.807, 2.05) is 24.3 Å². The highest BCUT2D eigenvalue weighted by atomic mass is 35.5. The zero-order valence-electron chi connectivity index (χ0n) is 17.5. The molecule has 0 amide bonds. The molecule has 0 unspecified atom stereocenters. The first-order valence-electron chi connectivity index (χ1n) is 10.5. The molecule has 2 heterocycles. The number of ether oxygens (including phenoxy) is 1. The molecule has 1 aliphatic heterocycles. The molecule has 32 heavy (non-hydrogen) atoms. The first-order valence-corrected chi connectivity index (χ1v) is 11.2. The summed E-state index contributed by atoms with van der Waals surface area (Å²) in [4.78, 5) is 6.43. The molecule has 0 saturated carbocycles. The van der Waals surface area contributed by atoms with Crippen LogP contribution in [0.4, 0.5) is 4.39 Å². The number of hydrogen-bond donors (Lipinski definition) is 1. The minimum Gasteiger partial charge on any atom is -0.397 e. The molecule has 4 nitrogen and oxygen atoms in total. The lowest BCUT2D eigenvalue weighted by molar-refractivity contribution is 0.0827. The van der Waals surface area contributed by atoms with Gasteiger partial charge < -0.3 is 15.4 Å². The molecular formula is C25H24Cl2FN3O. The number of hydrogen-bond acceptors (Lipinski definition) is 4. The number of rotatable bonds is 7. The van der Waals surface area contributed by atoms with Gasteiger partial charge in [0.2, 0.25) is 0 Å². The minimum atomic E-state index is -0.290. The van der Waals surface area contributed by atoms with Crippen LogP contribution in [0.3, 0.4) is 0 Å². The summed E-state index contributed by atoms with van der Waals surface area (Å²) in [5.74, 6) is -0.290. The Morgan fingerprint density at radius 1 is 1.03 bits per heavy atom. The number of aromatic nitrogens is 1. The van der Waals surface area contributed by atoms with Gasteiger partial charge in [-0.25, -0.2) is 4.39 Å². The average molecular weight is 472 g/mol. The highest BCUT2D eigenvalue weighted by Crippen LogP contribution is 2.33. The number of nitrogens with zero attached hydrogens (tertiary/aromatic N) is 2. The maximum Gasteiger partial charge on any atom is 0.123 e. The van der Waals surface area contributed by atoms with Crippen molar-refractivity contribution >= 4 is 34.6 Å². The van der Waals surface area contributed by atoms with E-state index in [9.17, 15) is 4.39 Å². The van der Waals surface area contributed by atoms with Gasteiger partial charge in [0.25, 0.3) is 0 Å². The van der Waals surface area contributed by atoms with Gasteiger partial charge in [0, 0.05) is 24.5 Å². The molecule has 0 radical (unpaired) electrons. The predicted molar refractivity (Wildman–Crippen MR) is 127 cm³/mol. The lowest BCUT2D eigenvalue weighted by Crippen LogP contribution is -2.33. The van der Waals surface area contributed by atoms with Crippen molar-refractivity contribution in [2.75, 3.05) is 13.2 Å². The van der Waals surface area contributed by atoms with E-state index in [2.05, 4.69) is 9.88 Å². The van der Waals surface area contributed by atoms with E-state index in [0.717, 1.165) is 41.8 Å². The van der Waals surface area contributed by atoms with Crippen molar-refractivity contribution in [2.45, 2.75) is 25.5 Å². The summed E-state index contributed by atoms with van der Waals surface area (Å²) < 4.78 is 19.5. The minimum absolute atomic E-state index is 0.167. The summed E-state index contributed by atoms with van der Waals surface area (Å²) in [6, 6.07) is 15.8. The van der Waals surface area contributed by atoms with Crippen LogP contribution in [0.1, 0.15) is 29.5 Å². The second-order valence-corrected chi connectivity index (χ2v) is 8.57. The molecule has 166 valence electrons. The van der Waals surface area contributed by atoms with E-state index in [-0.39, 0.29) is 11.9 Å². The molecule has 0 bridgehead atoms. The van der Waals surface area contributed by atoms with Crippen LogP contribution < -0.4 is 5.73 Å². The fraction of sp³-hybridized carbons (Fsp3) is 0.240. The van der Waals surface area contributed by atoms with Gasteiger partial charge >= 0.3 is 0 Å². The molecule has 1 aromatic heterocycles. The van der Waals surface area contributed by atoms with Crippen LogP contribution in [0.2, 0.25) is 10.0 Å². The van der Waals surface area contributed by atoms with Gasteiger partial charge in [0.15, 0.2) is 0 Å². The molecule has 3 aromatic rings. The Hall–Kier alpha value is -2.60. The lowest BCUT2D eigenvalue weighted by Gasteiger charge is -2.31. The molecule has 1 saturated heterocycles. The highest BCUT2D eigenvalue weighted by molar-refractivity contribution is 6.42. The number of pyridine rings is 1. The van der Waals surface area contributed by atoms with Crippen LogP contribution in [0.15, 0.2) is 67.0 Å². The molecule has 1 fully saturated rings. The van der Waals surface area contributed by atoms with Gasteiger partial charge in [-0.15, -0.1) is 0 Å². The van der Waals surface area contributed by atoms with Crippen molar-refractivity contribution in [2.24, 2.45) is 5.73 Å². The third-order valence-electron chi connectivity index (χ3n) is 5.59. The fourth-order valence-corrected chi connectivity index (χ4v) is 4.32. The van der Waals surface area contributed by atoms with Gasteiger partial charge in [0.05, 0.1) is 40.7 Å². The monoisotopic (exact) mass is 471 g/mol. The lowest BCUT2D eigenvalue weighted by atomic mass is 10.0. The van der Waals surface area contributed by atoms with Crippen molar-refractivity contribution < 1.29 is 9.13 Å².